The molecule has 0 bridgehead atoms. The molecule has 8 nitrogen and oxygen atoms in total. The zero-order valence-corrected chi connectivity index (χ0v) is 21.5. The summed E-state index contributed by atoms with van der Waals surface area (Å²) >= 11 is 0. The van der Waals surface area contributed by atoms with E-state index in [1.165, 1.54) is 0 Å². The molecule has 35 heavy (non-hydrogen) atoms. The summed E-state index contributed by atoms with van der Waals surface area (Å²) in [6.45, 7) is 7.26. The highest BCUT2D eigenvalue weighted by molar-refractivity contribution is 7.05. The molecule has 2 aromatic carbocycles. The zero-order chi connectivity index (χ0) is 26.8. The first-order valence-electron chi connectivity index (χ1n) is 11.3. The lowest BCUT2D eigenvalue weighted by Gasteiger charge is -2.49. The maximum absolute atomic E-state index is 12.3. The average Bonchev–Trinajstić information content (AvgIpc) is 2.82. The van der Waals surface area contributed by atoms with Crippen molar-refractivity contribution in [1.82, 2.24) is 0 Å². The van der Waals surface area contributed by atoms with E-state index in [1.54, 1.807) is 36.4 Å². The van der Waals surface area contributed by atoms with Crippen LogP contribution in [0.4, 0.5) is 0 Å². The molecule has 0 aromatic heterocycles. The Balaban J connectivity index is 2.70. The molecule has 0 radical (unpaired) electrons. The number of Topliss-reactive ketones (excluding diaryl/α,β-unsaturated/α-hetero) is 3. The first-order chi connectivity index (χ1) is 16.1. The number of aliphatic hydroxyl groups excluding tert-OH is 4. The monoisotopic (exact) mass is 502 g/mol. The van der Waals surface area contributed by atoms with Crippen LogP contribution in [-0.4, -0.2) is 80.6 Å². The van der Waals surface area contributed by atoms with Crippen LogP contribution in [0, 0.1) is 0 Å². The molecule has 2 aromatic rings. The maximum Gasteiger partial charge on any atom is 0.239 e. The molecule has 0 aliphatic rings. The number of hydrogen-bond donors (Lipinski definition) is 5. The Morgan fingerprint density at radius 1 is 0.743 bits per heavy atom. The van der Waals surface area contributed by atoms with Gasteiger partial charge in [-0.25, -0.2) is 0 Å². The quantitative estimate of drug-likeness (QED) is 0.166. The molecule has 9 heteroatoms. The van der Waals surface area contributed by atoms with Gasteiger partial charge in [-0.1, -0.05) is 91.8 Å². The molecule has 0 saturated carbocycles. The number of aliphatic hydroxyl groups is 5. The second-order valence-electron chi connectivity index (χ2n) is 9.87. The molecule has 1 unspecified atom stereocenters. The van der Waals surface area contributed by atoms with Crippen LogP contribution in [0.2, 0.25) is 5.04 Å². The Bertz CT molecular complexity index is 1010. The van der Waals surface area contributed by atoms with Crippen LogP contribution >= 0.6 is 0 Å². The lowest BCUT2D eigenvalue weighted by molar-refractivity contribution is -0.183. The number of carbonyl (C=O) groups is 3. The van der Waals surface area contributed by atoms with Crippen molar-refractivity contribution in [3.8, 4) is 0 Å². The van der Waals surface area contributed by atoms with E-state index in [9.17, 15) is 39.9 Å². The molecule has 0 fully saturated rings. The van der Waals surface area contributed by atoms with Crippen LogP contribution in [0.25, 0.3) is 0 Å². The molecule has 2 rings (SSSR count). The summed E-state index contributed by atoms with van der Waals surface area (Å²) in [5.41, 5.74) is -4.95. The second kappa shape index (κ2) is 10.6. The first kappa shape index (κ1) is 28.7. The van der Waals surface area contributed by atoms with Crippen LogP contribution in [0.5, 0.6) is 0 Å². The first-order valence-corrected chi connectivity index (χ1v) is 13.3. The van der Waals surface area contributed by atoms with Gasteiger partial charge in [0.1, 0.15) is 18.3 Å². The van der Waals surface area contributed by atoms with Gasteiger partial charge in [-0.3, -0.25) is 14.4 Å². The highest BCUT2D eigenvalue weighted by Crippen LogP contribution is 2.40. The minimum absolute atomic E-state index is 0.660. The van der Waals surface area contributed by atoms with Crippen LogP contribution in [0.1, 0.15) is 34.6 Å². The van der Waals surface area contributed by atoms with E-state index in [2.05, 4.69) is 0 Å². The second-order valence-corrected chi connectivity index (χ2v) is 14.7. The molecule has 0 amide bonds. The van der Waals surface area contributed by atoms with E-state index >= 15 is 0 Å². The van der Waals surface area contributed by atoms with Crippen molar-refractivity contribution in [2.45, 2.75) is 69.3 Å². The minimum Gasteiger partial charge on any atom is -0.393 e. The summed E-state index contributed by atoms with van der Waals surface area (Å²) in [6.07, 6.45) is -7.01. The number of carbonyl (C=O) groups excluding carboxylic acids is 3. The summed E-state index contributed by atoms with van der Waals surface area (Å²) in [5, 5.41) is 56.0. The summed E-state index contributed by atoms with van der Waals surface area (Å²) in [5.74, 6) is -4.11. The normalized spacial score (nSPS) is 17.5. The predicted molar refractivity (Wildman–Crippen MR) is 133 cm³/mol. The predicted octanol–water partition coefficient (Wildman–Crippen LogP) is -0.489. The third-order valence-corrected chi connectivity index (χ3v) is 12.8. The van der Waals surface area contributed by atoms with E-state index in [4.69, 9.17) is 0 Å². The smallest absolute Gasteiger partial charge is 0.239 e. The fourth-order valence-corrected chi connectivity index (χ4v) is 10.6. The van der Waals surface area contributed by atoms with Crippen LogP contribution < -0.4 is 10.4 Å². The fraction of sp³-hybridized carbons (Fsp3) is 0.423. The van der Waals surface area contributed by atoms with Crippen LogP contribution in [-0.2, 0) is 14.4 Å². The molecule has 5 atom stereocenters. The molecule has 5 N–H and O–H groups in total. The maximum atomic E-state index is 12.3. The van der Waals surface area contributed by atoms with Crippen LogP contribution in [0.3, 0.4) is 0 Å². The molecule has 0 aliphatic heterocycles. The number of rotatable bonds is 10. The fourth-order valence-electron chi connectivity index (χ4n) is 4.87. The van der Waals surface area contributed by atoms with Gasteiger partial charge in [-0.15, -0.1) is 0 Å². The van der Waals surface area contributed by atoms with Gasteiger partial charge in [-0.2, -0.15) is 0 Å². The van der Waals surface area contributed by atoms with Crippen molar-refractivity contribution in [3.63, 3.8) is 0 Å². The Morgan fingerprint density at radius 2 is 1.14 bits per heavy atom. The number of ketones is 3. The van der Waals surface area contributed by atoms with E-state index < -0.39 is 60.1 Å². The van der Waals surface area contributed by atoms with Gasteiger partial charge in [0.25, 0.3) is 0 Å². The van der Waals surface area contributed by atoms with Gasteiger partial charge >= 0.3 is 0 Å². The standard InChI is InChI=1S/C26H34O8Si/c1-16(27)22(31)26(34,17(2)28)23(32)20(29)21(30)24(33)35(25(3,4)5,18-12-8-6-9-13-18)19-14-10-7-11-15-19/h6-15,20-21,23-24,29-30,32-34H,1-5H3/t20-,21-,23-,24?,26-/m0/s1. The Labute approximate surface area is 205 Å². The summed E-state index contributed by atoms with van der Waals surface area (Å²) in [7, 11) is -3.44. The van der Waals surface area contributed by atoms with Crippen molar-refractivity contribution in [2.24, 2.45) is 0 Å². The van der Waals surface area contributed by atoms with Crippen molar-refractivity contribution < 1.29 is 39.9 Å². The Hall–Kier alpha value is -2.53. The summed E-state index contributed by atoms with van der Waals surface area (Å²) in [4.78, 5) is 36.1. The molecule has 0 heterocycles. The van der Waals surface area contributed by atoms with Gasteiger partial charge < -0.3 is 25.5 Å². The van der Waals surface area contributed by atoms with E-state index in [0.717, 1.165) is 24.2 Å². The van der Waals surface area contributed by atoms with Gasteiger partial charge in [0.2, 0.25) is 11.4 Å². The van der Waals surface area contributed by atoms with Gasteiger partial charge in [0, 0.05) is 6.92 Å². The third kappa shape index (κ3) is 4.93. The van der Waals surface area contributed by atoms with Gasteiger partial charge in [0.15, 0.2) is 19.6 Å². The van der Waals surface area contributed by atoms with Crippen molar-refractivity contribution in [2.75, 3.05) is 0 Å². The summed E-state index contributed by atoms with van der Waals surface area (Å²) in [6, 6.07) is 18.0. The molecule has 0 saturated heterocycles. The summed E-state index contributed by atoms with van der Waals surface area (Å²) < 4.78 is 0. The minimum atomic E-state index is -3.44. The topological polar surface area (TPSA) is 152 Å². The lowest BCUT2D eigenvalue weighted by Crippen LogP contribution is -2.76. The highest BCUT2D eigenvalue weighted by atomic mass is 28.3. The molecular formula is C26H34O8Si. The number of hydrogen-bond acceptors (Lipinski definition) is 8. The van der Waals surface area contributed by atoms with Crippen molar-refractivity contribution >= 4 is 35.8 Å². The van der Waals surface area contributed by atoms with Crippen molar-refractivity contribution in [1.29, 1.82) is 0 Å². The van der Waals surface area contributed by atoms with E-state index in [-0.39, 0.29) is 0 Å². The lowest BCUT2D eigenvalue weighted by atomic mass is 9.82. The zero-order valence-electron chi connectivity index (χ0n) is 20.5. The molecular weight excluding hydrogens is 468 g/mol. The molecule has 190 valence electrons. The molecule has 0 spiro atoms. The van der Waals surface area contributed by atoms with Gasteiger partial charge in [0.05, 0.1) is 5.73 Å². The molecule has 0 aliphatic carbocycles. The number of benzene rings is 2. The Kier molecular flexibility index (Phi) is 8.70. The SMILES string of the molecule is CC(=O)C(=O)[C@@](O)(C(C)=O)[C@@H](O)[C@@H](O)[C@H](O)C(O)[Si](c1ccccc1)(c1ccccc1)C(C)(C)C. The Morgan fingerprint density at radius 3 is 1.46 bits per heavy atom. The largest absolute Gasteiger partial charge is 0.393 e. The van der Waals surface area contributed by atoms with E-state index in [1.807, 2.05) is 45.0 Å². The van der Waals surface area contributed by atoms with Crippen LogP contribution in [0.15, 0.2) is 60.7 Å². The average molecular weight is 503 g/mol. The van der Waals surface area contributed by atoms with Crippen molar-refractivity contribution in [3.05, 3.63) is 60.7 Å². The van der Waals surface area contributed by atoms with E-state index in [0.29, 0.717) is 0 Å². The third-order valence-electron chi connectivity index (χ3n) is 6.71. The van der Waals surface area contributed by atoms with Gasteiger partial charge in [-0.05, 0) is 12.0 Å². The highest BCUT2D eigenvalue weighted by Gasteiger charge is 2.59.